The molecule has 1 amide bonds. The third-order valence-electron chi connectivity index (χ3n) is 9.90. The molecule has 0 spiro atoms. The fourth-order valence-electron chi connectivity index (χ4n) is 8.55. The van der Waals surface area contributed by atoms with Crippen LogP contribution in [0.15, 0.2) is 0 Å². The topological polar surface area (TPSA) is 20.3 Å². The summed E-state index contributed by atoms with van der Waals surface area (Å²) in [6.45, 7) is 10.1. The fraction of sp³-hybridized carbons (Fsp3) is 0.958. The van der Waals surface area contributed by atoms with Gasteiger partial charge in [0.1, 0.15) is 0 Å². The molecule has 0 N–H and O–H groups in total. The molecule has 4 rings (SSSR count). The van der Waals surface area contributed by atoms with Crippen LogP contribution >= 0.6 is 11.8 Å². The first kappa shape index (κ1) is 20.1. The first-order valence-corrected chi connectivity index (χ1v) is 12.8. The van der Waals surface area contributed by atoms with Crippen LogP contribution in [-0.2, 0) is 4.79 Å². The molecule has 2 nitrogen and oxygen atoms in total. The molecule has 4 aliphatic rings. The van der Waals surface area contributed by atoms with Gasteiger partial charge in [-0.15, -0.1) is 0 Å². The van der Waals surface area contributed by atoms with Crippen molar-refractivity contribution in [3.8, 4) is 0 Å². The summed E-state index contributed by atoms with van der Waals surface area (Å²) in [6.07, 6.45) is 10.3. The van der Waals surface area contributed by atoms with Gasteiger partial charge in [0.2, 0.25) is 5.91 Å². The van der Waals surface area contributed by atoms with E-state index in [1.54, 1.807) is 0 Å². The molecule has 0 radical (unpaired) electrons. The van der Waals surface area contributed by atoms with E-state index in [1.165, 1.54) is 50.0 Å². The van der Waals surface area contributed by atoms with E-state index in [0.717, 1.165) is 42.4 Å². The largest absolute Gasteiger partial charge is 0.342 e. The maximum atomic E-state index is 12.3. The highest BCUT2D eigenvalue weighted by Crippen LogP contribution is 2.67. The second-order valence-corrected chi connectivity index (χ2v) is 12.2. The van der Waals surface area contributed by atoms with Crippen LogP contribution in [0.25, 0.3) is 0 Å². The predicted molar refractivity (Wildman–Crippen MR) is 116 cm³/mol. The van der Waals surface area contributed by atoms with Crippen LogP contribution in [0.4, 0.5) is 0 Å². The molecular weight excluding hydrogens is 350 g/mol. The van der Waals surface area contributed by atoms with Crippen LogP contribution in [0.1, 0.15) is 79.1 Å². The minimum Gasteiger partial charge on any atom is -0.342 e. The highest BCUT2D eigenvalue weighted by atomic mass is 32.2. The first-order chi connectivity index (χ1) is 12.8. The number of amides is 1. The summed E-state index contributed by atoms with van der Waals surface area (Å²) in [7, 11) is 2.08. The van der Waals surface area contributed by atoms with Gasteiger partial charge in [-0.2, -0.15) is 11.8 Å². The Bertz CT molecular complexity index is 579. The summed E-state index contributed by atoms with van der Waals surface area (Å²) in [4.78, 5) is 14.4. The molecule has 0 bridgehead atoms. The Kier molecular flexibility index (Phi) is 5.40. The SMILES string of the molecule is CCSCC(C)[C@H]1CC[C@H]2[C@@H]3CCC4N(C)C(=O)CC[C@]4(C)[C@H]3CC[C@]12C. The van der Waals surface area contributed by atoms with Crippen molar-refractivity contribution in [2.45, 2.75) is 85.1 Å². The van der Waals surface area contributed by atoms with Crippen molar-refractivity contribution < 1.29 is 4.79 Å². The van der Waals surface area contributed by atoms with Gasteiger partial charge in [-0.3, -0.25) is 4.79 Å². The molecule has 4 fully saturated rings. The molecule has 3 saturated carbocycles. The van der Waals surface area contributed by atoms with Gasteiger partial charge in [-0.1, -0.05) is 27.7 Å². The molecule has 1 aliphatic heterocycles. The number of carbonyl (C=O) groups excluding carboxylic acids is 1. The molecule has 3 heteroatoms. The Labute approximate surface area is 171 Å². The van der Waals surface area contributed by atoms with Crippen molar-refractivity contribution >= 4 is 17.7 Å². The Morgan fingerprint density at radius 1 is 1.07 bits per heavy atom. The van der Waals surface area contributed by atoms with E-state index < -0.39 is 0 Å². The normalized spacial score (nSPS) is 48.0. The maximum absolute atomic E-state index is 12.3. The summed E-state index contributed by atoms with van der Waals surface area (Å²) in [6, 6.07) is 0.501. The lowest BCUT2D eigenvalue weighted by atomic mass is 9.46. The van der Waals surface area contributed by atoms with Crippen molar-refractivity contribution in [2.75, 3.05) is 18.6 Å². The van der Waals surface area contributed by atoms with Crippen molar-refractivity contribution in [2.24, 2.45) is 40.4 Å². The summed E-state index contributed by atoms with van der Waals surface area (Å²) < 4.78 is 0. The van der Waals surface area contributed by atoms with E-state index >= 15 is 0 Å². The zero-order chi connectivity index (χ0) is 19.4. The van der Waals surface area contributed by atoms with Crippen LogP contribution in [0.3, 0.4) is 0 Å². The Morgan fingerprint density at radius 2 is 1.81 bits per heavy atom. The standard InChI is InChI=1S/C24H41NOS/c1-6-27-15-16(2)18-8-9-19-17-7-10-21-24(4,14-12-22(26)25(21)5)20(17)11-13-23(18,19)3/h16-21H,6-15H2,1-5H3/t16?,17-,18+,19-,20-,21?,23+,24+/m0/s1. The molecule has 8 atom stereocenters. The van der Waals surface area contributed by atoms with Gasteiger partial charge in [0, 0.05) is 19.5 Å². The predicted octanol–water partition coefficient (Wildman–Crippen LogP) is 5.86. The number of piperidine rings is 1. The smallest absolute Gasteiger partial charge is 0.222 e. The van der Waals surface area contributed by atoms with Crippen LogP contribution in [0.5, 0.6) is 0 Å². The monoisotopic (exact) mass is 391 g/mol. The minimum absolute atomic E-state index is 0.370. The summed E-state index contributed by atoms with van der Waals surface area (Å²) in [5, 5.41) is 0. The van der Waals surface area contributed by atoms with E-state index in [4.69, 9.17) is 0 Å². The van der Waals surface area contributed by atoms with Gasteiger partial charge in [0.25, 0.3) is 0 Å². The number of nitrogens with zero attached hydrogens (tertiary/aromatic N) is 1. The quantitative estimate of drug-likeness (QED) is 0.598. The van der Waals surface area contributed by atoms with Crippen LogP contribution in [0.2, 0.25) is 0 Å². The average molecular weight is 392 g/mol. The van der Waals surface area contributed by atoms with Gasteiger partial charge in [-0.05, 0) is 96.9 Å². The van der Waals surface area contributed by atoms with E-state index in [9.17, 15) is 4.79 Å². The highest BCUT2D eigenvalue weighted by molar-refractivity contribution is 7.99. The third kappa shape index (κ3) is 3.01. The second-order valence-electron chi connectivity index (χ2n) is 10.8. The number of thioether (sulfide) groups is 1. The summed E-state index contributed by atoms with van der Waals surface area (Å²) in [5.41, 5.74) is 0.948. The number of carbonyl (C=O) groups is 1. The van der Waals surface area contributed by atoms with E-state index in [0.29, 0.717) is 22.8 Å². The summed E-state index contributed by atoms with van der Waals surface area (Å²) in [5.74, 6) is 7.51. The van der Waals surface area contributed by atoms with Crippen LogP contribution in [0, 0.1) is 40.4 Å². The van der Waals surface area contributed by atoms with Crippen LogP contribution in [-0.4, -0.2) is 35.4 Å². The average Bonchev–Trinajstić information content (AvgIpc) is 3.00. The Hall–Kier alpha value is -0.180. The van der Waals surface area contributed by atoms with Crippen molar-refractivity contribution in [1.29, 1.82) is 0 Å². The highest BCUT2D eigenvalue weighted by Gasteiger charge is 2.61. The van der Waals surface area contributed by atoms with Gasteiger partial charge in [0.15, 0.2) is 0 Å². The number of hydrogen-bond acceptors (Lipinski definition) is 2. The third-order valence-corrected chi connectivity index (χ3v) is 11.1. The lowest BCUT2D eigenvalue weighted by molar-refractivity contribution is -0.158. The van der Waals surface area contributed by atoms with Crippen LogP contribution < -0.4 is 0 Å². The van der Waals surface area contributed by atoms with Gasteiger partial charge < -0.3 is 4.90 Å². The van der Waals surface area contributed by atoms with Gasteiger partial charge in [-0.25, -0.2) is 0 Å². The van der Waals surface area contributed by atoms with Gasteiger partial charge in [0.05, 0.1) is 0 Å². The Balaban J connectivity index is 1.55. The van der Waals surface area contributed by atoms with E-state index in [1.807, 2.05) is 0 Å². The molecule has 0 aromatic carbocycles. The molecule has 0 aromatic heterocycles. The number of rotatable bonds is 4. The van der Waals surface area contributed by atoms with E-state index in [-0.39, 0.29) is 0 Å². The van der Waals surface area contributed by atoms with Gasteiger partial charge >= 0.3 is 0 Å². The molecule has 27 heavy (non-hydrogen) atoms. The van der Waals surface area contributed by atoms with Crippen molar-refractivity contribution in [3.05, 3.63) is 0 Å². The lowest BCUT2D eigenvalue weighted by Gasteiger charge is -2.62. The fourth-order valence-corrected chi connectivity index (χ4v) is 9.39. The molecular formula is C24H41NOS. The van der Waals surface area contributed by atoms with Crippen molar-refractivity contribution in [1.82, 2.24) is 4.90 Å². The zero-order valence-electron chi connectivity index (χ0n) is 18.3. The van der Waals surface area contributed by atoms with Crippen molar-refractivity contribution in [3.63, 3.8) is 0 Å². The summed E-state index contributed by atoms with van der Waals surface area (Å²) >= 11 is 2.14. The molecule has 1 saturated heterocycles. The second kappa shape index (κ2) is 7.26. The molecule has 0 aromatic rings. The lowest BCUT2D eigenvalue weighted by Crippen LogP contribution is -2.61. The first-order valence-electron chi connectivity index (χ1n) is 11.7. The maximum Gasteiger partial charge on any atom is 0.222 e. The molecule has 2 unspecified atom stereocenters. The number of fused-ring (bicyclic) bond motifs is 5. The molecule has 154 valence electrons. The number of hydrogen-bond donors (Lipinski definition) is 0. The zero-order valence-corrected chi connectivity index (χ0v) is 19.1. The Morgan fingerprint density at radius 3 is 2.56 bits per heavy atom. The van der Waals surface area contributed by atoms with E-state index in [2.05, 4.69) is 51.4 Å². The minimum atomic E-state index is 0.370. The molecule has 3 aliphatic carbocycles. The number of likely N-dealkylation sites (tertiary alicyclic amines) is 1. The molecule has 1 heterocycles.